The lowest BCUT2D eigenvalue weighted by atomic mass is 9.77. The number of hydrogen-bond donors (Lipinski definition) is 1. The highest BCUT2D eigenvalue weighted by Crippen LogP contribution is 2.40. The molecule has 0 spiro atoms. The van der Waals surface area contributed by atoms with Crippen molar-refractivity contribution in [2.75, 3.05) is 6.26 Å². The van der Waals surface area contributed by atoms with E-state index in [1.165, 1.54) is 19.1 Å². The summed E-state index contributed by atoms with van der Waals surface area (Å²) in [5.74, 6) is 1.19. The minimum absolute atomic E-state index is 0.198. The molecule has 0 aromatic heterocycles. The van der Waals surface area contributed by atoms with Crippen LogP contribution in [0.3, 0.4) is 0 Å². The summed E-state index contributed by atoms with van der Waals surface area (Å²) in [6.07, 6.45) is 7.98. The first-order valence-corrected chi connectivity index (χ1v) is 9.22. The lowest BCUT2D eigenvalue weighted by Gasteiger charge is -2.35. The molecular formula is C14H26O3S. The van der Waals surface area contributed by atoms with E-state index in [-0.39, 0.29) is 17.3 Å². The maximum atomic E-state index is 11.7. The number of aliphatic hydroxyl groups is 1. The van der Waals surface area contributed by atoms with E-state index in [4.69, 9.17) is 0 Å². The van der Waals surface area contributed by atoms with Gasteiger partial charge in [0.25, 0.3) is 0 Å². The molecule has 2 saturated carbocycles. The Morgan fingerprint density at radius 1 is 1.11 bits per heavy atom. The zero-order valence-electron chi connectivity index (χ0n) is 11.5. The predicted octanol–water partition coefficient (Wildman–Crippen LogP) is 2.39. The number of aliphatic hydroxyl groups excluding tert-OH is 1. The average molecular weight is 274 g/mol. The molecule has 0 aromatic carbocycles. The standard InChI is InChI=1S/C14H26O3S/c1-10-5-3-8-13(10)14(15)11-6-4-7-12(9-11)18(2,16)17/h10-15H,3-9H2,1-2H3. The van der Waals surface area contributed by atoms with Crippen LogP contribution in [0.4, 0.5) is 0 Å². The third kappa shape index (κ3) is 3.08. The molecule has 0 aliphatic heterocycles. The highest BCUT2D eigenvalue weighted by molar-refractivity contribution is 7.91. The molecule has 0 amide bonds. The predicted molar refractivity (Wildman–Crippen MR) is 73.1 cm³/mol. The van der Waals surface area contributed by atoms with Gasteiger partial charge in [0.1, 0.15) is 9.84 Å². The Labute approximate surface area is 111 Å². The molecule has 5 unspecified atom stereocenters. The van der Waals surface area contributed by atoms with E-state index in [1.54, 1.807) is 0 Å². The van der Waals surface area contributed by atoms with Crippen molar-refractivity contribution in [2.45, 2.75) is 63.2 Å². The van der Waals surface area contributed by atoms with Crippen LogP contribution in [-0.2, 0) is 9.84 Å². The third-order valence-electron chi connectivity index (χ3n) is 5.12. The van der Waals surface area contributed by atoms with E-state index in [1.807, 2.05) is 0 Å². The molecule has 2 aliphatic carbocycles. The van der Waals surface area contributed by atoms with E-state index in [0.717, 1.165) is 25.7 Å². The number of hydrogen-bond acceptors (Lipinski definition) is 3. The molecule has 0 radical (unpaired) electrons. The molecule has 1 N–H and O–H groups in total. The zero-order valence-corrected chi connectivity index (χ0v) is 12.3. The minimum Gasteiger partial charge on any atom is -0.393 e. The summed E-state index contributed by atoms with van der Waals surface area (Å²) in [5.41, 5.74) is 0. The van der Waals surface area contributed by atoms with E-state index >= 15 is 0 Å². The van der Waals surface area contributed by atoms with Crippen LogP contribution in [0.25, 0.3) is 0 Å². The fraction of sp³-hybridized carbons (Fsp3) is 1.00. The third-order valence-corrected chi connectivity index (χ3v) is 6.76. The molecule has 2 rings (SSSR count). The van der Waals surface area contributed by atoms with Crippen LogP contribution < -0.4 is 0 Å². The summed E-state index contributed by atoms with van der Waals surface area (Å²) in [6, 6.07) is 0. The van der Waals surface area contributed by atoms with Crippen LogP contribution >= 0.6 is 0 Å². The SMILES string of the molecule is CC1CCCC1C(O)C1CCCC(S(C)(=O)=O)C1. The molecule has 2 fully saturated rings. The van der Waals surface area contributed by atoms with Gasteiger partial charge in [-0.3, -0.25) is 0 Å². The van der Waals surface area contributed by atoms with Crippen LogP contribution in [0.15, 0.2) is 0 Å². The highest BCUT2D eigenvalue weighted by atomic mass is 32.2. The Balaban J connectivity index is 2.00. The van der Waals surface area contributed by atoms with Gasteiger partial charge in [-0.25, -0.2) is 8.42 Å². The molecule has 0 aromatic rings. The quantitative estimate of drug-likeness (QED) is 0.859. The van der Waals surface area contributed by atoms with Crippen molar-refractivity contribution in [3.63, 3.8) is 0 Å². The normalized spacial score (nSPS) is 39.7. The summed E-state index contributed by atoms with van der Waals surface area (Å²) >= 11 is 0. The maximum absolute atomic E-state index is 11.7. The van der Waals surface area contributed by atoms with Crippen molar-refractivity contribution in [3.05, 3.63) is 0 Å². The lowest BCUT2D eigenvalue weighted by molar-refractivity contribution is 0.0217. The summed E-state index contributed by atoms with van der Waals surface area (Å²) in [6.45, 7) is 2.22. The first-order chi connectivity index (χ1) is 8.39. The molecule has 3 nitrogen and oxygen atoms in total. The van der Waals surface area contributed by atoms with Gasteiger partial charge in [-0.15, -0.1) is 0 Å². The van der Waals surface area contributed by atoms with Gasteiger partial charge in [-0.1, -0.05) is 26.2 Å². The van der Waals surface area contributed by atoms with Gasteiger partial charge in [0, 0.05) is 6.26 Å². The van der Waals surface area contributed by atoms with E-state index in [2.05, 4.69) is 6.92 Å². The molecule has 0 bridgehead atoms. The van der Waals surface area contributed by atoms with Gasteiger partial charge in [-0.05, 0) is 43.4 Å². The van der Waals surface area contributed by atoms with Crippen LogP contribution in [-0.4, -0.2) is 31.1 Å². The number of rotatable bonds is 3. The Morgan fingerprint density at radius 3 is 2.33 bits per heavy atom. The molecule has 0 saturated heterocycles. The Hall–Kier alpha value is -0.0900. The Bertz CT molecular complexity index is 377. The van der Waals surface area contributed by atoms with Crippen molar-refractivity contribution < 1.29 is 13.5 Å². The zero-order chi connectivity index (χ0) is 13.3. The topological polar surface area (TPSA) is 54.4 Å². The lowest BCUT2D eigenvalue weighted by Crippen LogP contribution is -2.37. The summed E-state index contributed by atoms with van der Waals surface area (Å²) in [4.78, 5) is 0. The van der Waals surface area contributed by atoms with E-state index in [0.29, 0.717) is 18.3 Å². The second-order valence-electron chi connectivity index (χ2n) is 6.44. The molecule has 18 heavy (non-hydrogen) atoms. The monoisotopic (exact) mass is 274 g/mol. The van der Waals surface area contributed by atoms with Gasteiger partial charge >= 0.3 is 0 Å². The smallest absolute Gasteiger partial charge is 0.150 e. The van der Waals surface area contributed by atoms with Crippen molar-refractivity contribution in [1.82, 2.24) is 0 Å². The van der Waals surface area contributed by atoms with Crippen LogP contribution in [0, 0.1) is 17.8 Å². The molecule has 0 heterocycles. The average Bonchev–Trinajstić information content (AvgIpc) is 2.73. The van der Waals surface area contributed by atoms with Gasteiger partial charge in [0.2, 0.25) is 0 Å². The van der Waals surface area contributed by atoms with Crippen molar-refractivity contribution in [1.29, 1.82) is 0 Å². The first kappa shape index (κ1) is 14.3. The summed E-state index contributed by atoms with van der Waals surface area (Å²) < 4.78 is 23.3. The van der Waals surface area contributed by atoms with Crippen LogP contribution in [0.5, 0.6) is 0 Å². The minimum atomic E-state index is -2.94. The molecule has 2 aliphatic rings. The van der Waals surface area contributed by atoms with Gasteiger partial charge in [0.15, 0.2) is 0 Å². The van der Waals surface area contributed by atoms with Crippen molar-refractivity contribution in [3.8, 4) is 0 Å². The molecule has 106 valence electrons. The van der Waals surface area contributed by atoms with E-state index < -0.39 is 9.84 Å². The van der Waals surface area contributed by atoms with Crippen molar-refractivity contribution in [2.24, 2.45) is 17.8 Å². The van der Waals surface area contributed by atoms with Gasteiger partial charge < -0.3 is 5.11 Å². The molecule has 4 heteroatoms. The van der Waals surface area contributed by atoms with Gasteiger partial charge in [-0.2, -0.15) is 0 Å². The summed E-state index contributed by atoms with van der Waals surface area (Å²) in [7, 11) is -2.94. The Morgan fingerprint density at radius 2 is 1.78 bits per heavy atom. The van der Waals surface area contributed by atoms with Crippen LogP contribution in [0.1, 0.15) is 51.9 Å². The first-order valence-electron chi connectivity index (χ1n) is 7.26. The molecular weight excluding hydrogens is 248 g/mol. The second kappa shape index (κ2) is 5.49. The fourth-order valence-corrected chi connectivity index (χ4v) is 5.10. The maximum Gasteiger partial charge on any atom is 0.150 e. The van der Waals surface area contributed by atoms with E-state index in [9.17, 15) is 13.5 Å². The van der Waals surface area contributed by atoms with Crippen molar-refractivity contribution >= 4 is 9.84 Å². The second-order valence-corrected chi connectivity index (χ2v) is 8.77. The largest absolute Gasteiger partial charge is 0.393 e. The fourth-order valence-electron chi connectivity index (χ4n) is 3.91. The molecule has 5 atom stereocenters. The Kier molecular flexibility index (Phi) is 4.37. The van der Waals surface area contributed by atoms with Crippen LogP contribution in [0.2, 0.25) is 0 Å². The summed E-state index contributed by atoms with van der Waals surface area (Å²) in [5, 5.41) is 10.3. The highest BCUT2D eigenvalue weighted by Gasteiger charge is 2.38. The van der Waals surface area contributed by atoms with Gasteiger partial charge in [0.05, 0.1) is 11.4 Å². The number of sulfone groups is 1.